The number of aliphatic imine (C=N–C) groups is 1. The van der Waals surface area contributed by atoms with Gasteiger partial charge in [0.1, 0.15) is 23.0 Å². The van der Waals surface area contributed by atoms with E-state index >= 15 is 0 Å². The molecule has 0 bridgehead atoms. The number of carbonyl (C=O) groups excluding carboxylic acids is 2. The van der Waals surface area contributed by atoms with Crippen molar-refractivity contribution in [3.8, 4) is 0 Å². The van der Waals surface area contributed by atoms with Gasteiger partial charge in [0.15, 0.2) is 5.84 Å². The number of nitrogens with one attached hydrogen (secondary N) is 4. The summed E-state index contributed by atoms with van der Waals surface area (Å²) in [5, 5.41) is 6.77. The van der Waals surface area contributed by atoms with Crippen molar-refractivity contribution in [3.05, 3.63) is 70.8 Å². The van der Waals surface area contributed by atoms with Gasteiger partial charge in [-0.25, -0.2) is 14.3 Å². The van der Waals surface area contributed by atoms with Crippen LogP contribution in [0.1, 0.15) is 93.2 Å². The van der Waals surface area contributed by atoms with Gasteiger partial charge >= 0.3 is 0 Å². The Bertz CT molecular complexity index is 1350. The van der Waals surface area contributed by atoms with Crippen LogP contribution in [0.3, 0.4) is 0 Å². The molecule has 2 amide bonds. The van der Waals surface area contributed by atoms with Crippen molar-refractivity contribution in [3.63, 3.8) is 0 Å². The number of unbranched alkanes of at least 4 members (excludes halogenated alkanes) is 1. The van der Waals surface area contributed by atoms with Gasteiger partial charge in [-0.3, -0.25) is 20.0 Å². The third-order valence-corrected chi connectivity index (χ3v) is 8.67. The number of halogens is 2. The van der Waals surface area contributed by atoms with Crippen LogP contribution in [-0.2, 0) is 4.79 Å². The van der Waals surface area contributed by atoms with Crippen molar-refractivity contribution >= 4 is 23.4 Å². The van der Waals surface area contributed by atoms with Gasteiger partial charge in [-0.15, -0.1) is 10.6 Å². The summed E-state index contributed by atoms with van der Waals surface area (Å²) in [6.07, 6.45) is 5.73. The summed E-state index contributed by atoms with van der Waals surface area (Å²) in [4.78, 5) is 33.9. The van der Waals surface area contributed by atoms with E-state index in [2.05, 4.69) is 47.7 Å². The molecule has 2 aliphatic heterocycles. The lowest BCUT2D eigenvalue weighted by Crippen LogP contribution is -2.51. The van der Waals surface area contributed by atoms with Crippen LogP contribution in [0.15, 0.2) is 52.6 Å². The number of hydrazone groups is 1. The summed E-state index contributed by atoms with van der Waals surface area (Å²) in [6, 6.07) is 10.2. The molecule has 11 heteroatoms. The minimum absolute atomic E-state index is 0.112. The Morgan fingerprint density at radius 2 is 1.81 bits per heavy atom. The fraction of sp³-hybridized carbons (Fsp3) is 0.484. The first kappa shape index (κ1) is 29.6. The quantitative estimate of drug-likeness (QED) is 0.326. The number of benzene rings is 2. The molecule has 0 radical (unpaired) electrons. The number of hydrogen-bond acceptors (Lipinski definition) is 7. The smallest absolute Gasteiger partial charge is 0.275 e. The Balaban J connectivity index is 1.46. The van der Waals surface area contributed by atoms with Crippen LogP contribution < -0.4 is 21.8 Å². The Labute approximate surface area is 245 Å². The zero-order valence-electron chi connectivity index (χ0n) is 24.3. The van der Waals surface area contributed by atoms with Gasteiger partial charge in [-0.2, -0.15) is 0 Å². The number of carbonyl (C=O) groups is 2. The molecule has 1 fully saturated rings. The molecule has 2 aromatic carbocycles. The Kier molecular flexibility index (Phi) is 8.86. The van der Waals surface area contributed by atoms with Crippen molar-refractivity contribution in [2.45, 2.75) is 77.4 Å². The average molecular weight is 580 g/mol. The first-order valence-electron chi connectivity index (χ1n) is 14.8. The topological polar surface area (TPSA) is 110 Å². The normalized spacial score (nSPS) is 22.6. The van der Waals surface area contributed by atoms with Gasteiger partial charge in [-0.05, 0) is 73.8 Å². The van der Waals surface area contributed by atoms with Crippen LogP contribution in [0.2, 0.25) is 0 Å². The number of amidine groups is 1. The molecule has 5 rings (SSSR count). The maximum atomic E-state index is 14.2. The maximum Gasteiger partial charge on any atom is 0.275 e. The molecule has 224 valence electrons. The lowest BCUT2D eigenvalue weighted by molar-refractivity contribution is -0.133. The molecule has 3 aliphatic rings. The van der Waals surface area contributed by atoms with Crippen LogP contribution in [0.4, 0.5) is 8.78 Å². The van der Waals surface area contributed by atoms with E-state index in [0.29, 0.717) is 42.5 Å². The number of amides is 2. The second-order valence-corrected chi connectivity index (χ2v) is 11.7. The van der Waals surface area contributed by atoms with Crippen molar-refractivity contribution in [1.29, 1.82) is 0 Å². The summed E-state index contributed by atoms with van der Waals surface area (Å²) in [5.74, 6) is -0.429. The largest absolute Gasteiger partial charge is 0.345 e. The van der Waals surface area contributed by atoms with Gasteiger partial charge in [0.05, 0.1) is 12.6 Å². The highest BCUT2D eigenvalue weighted by Gasteiger charge is 2.52. The Hall–Kier alpha value is -3.86. The van der Waals surface area contributed by atoms with Crippen molar-refractivity contribution in [2.24, 2.45) is 21.9 Å². The monoisotopic (exact) mass is 579 g/mol. The molecule has 4 N–H and O–H groups in total. The Morgan fingerprint density at radius 1 is 1.12 bits per heavy atom. The van der Waals surface area contributed by atoms with Crippen molar-refractivity contribution in [1.82, 2.24) is 26.7 Å². The summed E-state index contributed by atoms with van der Waals surface area (Å²) >= 11 is 0. The van der Waals surface area contributed by atoms with Gasteiger partial charge in [0.25, 0.3) is 11.8 Å². The summed E-state index contributed by atoms with van der Waals surface area (Å²) in [6.45, 7) is 6.77. The average Bonchev–Trinajstić information content (AvgIpc) is 3.59. The first-order chi connectivity index (χ1) is 20.2. The van der Waals surface area contributed by atoms with Crippen LogP contribution >= 0.6 is 0 Å². The second kappa shape index (κ2) is 12.6. The lowest BCUT2D eigenvalue weighted by atomic mass is 9.76. The fourth-order valence-electron chi connectivity index (χ4n) is 6.32. The van der Waals surface area contributed by atoms with E-state index in [1.807, 2.05) is 17.0 Å². The van der Waals surface area contributed by atoms with Gasteiger partial charge in [-0.1, -0.05) is 45.7 Å². The third kappa shape index (κ3) is 6.16. The number of hydrazine groups is 2. The fourth-order valence-corrected chi connectivity index (χ4v) is 6.32. The van der Waals surface area contributed by atoms with Crippen molar-refractivity contribution in [2.75, 3.05) is 6.54 Å². The molecule has 1 saturated carbocycles. The zero-order chi connectivity index (χ0) is 29.9. The van der Waals surface area contributed by atoms with E-state index in [-0.39, 0.29) is 35.7 Å². The first-order valence-corrected chi connectivity index (χ1v) is 14.8. The number of hydrogen-bond donors (Lipinski definition) is 4. The standard InChI is InChI=1S/C31H39F2N7O2/c1-4-5-6-26(21-7-9-22(10-8-21)29(41)34-18-27-36-38-39-37-27)40-30(42)28(23-15-24(32)17-25(33)16-23)35-31(40)13-11-20(12-14-31)19(2)3/h7-10,15-17,19-20,26,38-39H,4-6,11-14,18H2,1-3H3,(H,34,41)(H,36,37)/t20?,26-,31?/m1/s1. The molecule has 2 heterocycles. The lowest BCUT2D eigenvalue weighted by Gasteiger charge is -2.46. The minimum Gasteiger partial charge on any atom is -0.345 e. The van der Waals surface area contributed by atoms with Gasteiger partial charge in [0.2, 0.25) is 0 Å². The predicted octanol–water partition coefficient (Wildman–Crippen LogP) is 4.73. The minimum atomic E-state index is -0.786. The van der Waals surface area contributed by atoms with E-state index in [9.17, 15) is 18.4 Å². The molecular weight excluding hydrogens is 540 g/mol. The van der Waals surface area contributed by atoms with Crippen LogP contribution in [0, 0.1) is 23.5 Å². The highest BCUT2D eigenvalue weighted by molar-refractivity contribution is 6.46. The van der Waals surface area contributed by atoms with E-state index in [4.69, 9.17) is 4.99 Å². The highest BCUT2D eigenvalue weighted by atomic mass is 19.1. The molecule has 42 heavy (non-hydrogen) atoms. The molecule has 1 atom stereocenters. The third-order valence-electron chi connectivity index (χ3n) is 8.67. The van der Waals surface area contributed by atoms with E-state index in [1.165, 1.54) is 12.1 Å². The van der Waals surface area contributed by atoms with E-state index in [0.717, 1.165) is 37.3 Å². The van der Waals surface area contributed by atoms with Crippen LogP contribution in [-0.4, -0.2) is 40.5 Å². The molecule has 0 aromatic heterocycles. The molecule has 1 aliphatic carbocycles. The number of nitrogens with zero attached hydrogens (tertiary/aromatic N) is 3. The van der Waals surface area contributed by atoms with Gasteiger partial charge in [0, 0.05) is 17.2 Å². The number of rotatable bonds is 10. The summed E-state index contributed by atoms with van der Waals surface area (Å²) in [5.41, 5.74) is 8.83. The van der Waals surface area contributed by atoms with Crippen LogP contribution in [0.25, 0.3) is 0 Å². The Morgan fingerprint density at radius 3 is 2.40 bits per heavy atom. The van der Waals surface area contributed by atoms with E-state index in [1.54, 1.807) is 12.1 Å². The predicted molar refractivity (Wildman–Crippen MR) is 157 cm³/mol. The molecule has 1 spiro atoms. The summed E-state index contributed by atoms with van der Waals surface area (Å²) in [7, 11) is 0. The van der Waals surface area contributed by atoms with E-state index < -0.39 is 17.3 Å². The second-order valence-electron chi connectivity index (χ2n) is 11.7. The maximum absolute atomic E-state index is 14.2. The van der Waals surface area contributed by atoms with Crippen molar-refractivity contribution < 1.29 is 18.4 Å². The van der Waals surface area contributed by atoms with Gasteiger partial charge < -0.3 is 10.2 Å². The molecule has 2 aromatic rings. The molecule has 0 saturated heterocycles. The van der Waals surface area contributed by atoms with Crippen LogP contribution in [0.5, 0.6) is 0 Å². The SMILES string of the molecule is CCCC[C@H](c1ccc(C(=O)NCC2=NNNN2)cc1)N1C(=O)C(c2cc(F)cc(F)c2)=NC12CCC(C(C)C)CC2. The highest BCUT2D eigenvalue weighted by Crippen LogP contribution is 2.48. The molecule has 9 nitrogen and oxygen atoms in total. The molecular formula is C31H39F2N7O2. The molecule has 0 unspecified atom stereocenters. The summed E-state index contributed by atoms with van der Waals surface area (Å²) < 4.78 is 28.5. The zero-order valence-corrected chi connectivity index (χ0v) is 24.3.